The summed E-state index contributed by atoms with van der Waals surface area (Å²) in [4.78, 5) is 11.7. The lowest BCUT2D eigenvalue weighted by molar-refractivity contribution is -0.126. The summed E-state index contributed by atoms with van der Waals surface area (Å²) < 4.78 is 0. The summed E-state index contributed by atoms with van der Waals surface area (Å²) >= 11 is 0. The lowest BCUT2D eigenvalue weighted by atomic mass is 9.63. The van der Waals surface area contributed by atoms with E-state index in [0.717, 1.165) is 6.42 Å². The molecule has 0 aromatic rings. The van der Waals surface area contributed by atoms with Crippen molar-refractivity contribution in [2.45, 2.75) is 59.5 Å². The first kappa shape index (κ1) is 12.5. The Labute approximate surface area is 92.8 Å². The number of rotatable bonds is 2. The molecule has 2 unspecified atom stereocenters. The lowest BCUT2D eigenvalue weighted by Gasteiger charge is -2.50. The number of nitrogens with two attached hydrogens (primary N) is 1. The van der Waals surface area contributed by atoms with Gasteiger partial charge in [0.05, 0.1) is 0 Å². The standard InChI is InChI=1S/C12H24N2O/c1-11(2,3)7-10(15)14-9-6-8(13)12(9,4)5/h8-9H,6-7,13H2,1-5H3,(H,14,15). The molecule has 3 heteroatoms. The minimum absolute atomic E-state index is 0.0492. The van der Waals surface area contributed by atoms with Crippen LogP contribution in [-0.2, 0) is 4.79 Å². The maximum atomic E-state index is 11.7. The van der Waals surface area contributed by atoms with Crippen molar-refractivity contribution in [2.24, 2.45) is 16.6 Å². The van der Waals surface area contributed by atoms with Gasteiger partial charge in [-0.25, -0.2) is 0 Å². The van der Waals surface area contributed by atoms with E-state index >= 15 is 0 Å². The van der Waals surface area contributed by atoms with Crippen molar-refractivity contribution >= 4 is 5.91 Å². The molecule has 1 saturated carbocycles. The van der Waals surface area contributed by atoms with Crippen molar-refractivity contribution in [3.63, 3.8) is 0 Å². The first-order valence-corrected chi connectivity index (χ1v) is 5.68. The molecule has 1 rings (SSSR count). The average Bonchev–Trinajstić information content (AvgIpc) is 2.00. The van der Waals surface area contributed by atoms with Gasteiger partial charge in [0.15, 0.2) is 0 Å². The van der Waals surface area contributed by atoms with E-state index in [1.165, 1.54) is 0 Å². The molecule has 0 heterocycles. The Kier molecular flexibility index (Phi) is 3.15. The third-order valence-corrected chi connectivity index (χ3v) is 3.37. The van der Waals surface area contributed by atoms with Crippen LogP contribution in [0.25, 0.3) is 0 Å². The minimum Gasteiger partial charge on any atom is -0.353 e. The Balaban J connectivity index is 2.41. The zero-order valence-electron chi connectivity index (χ0n) is 10.6. The number of nitrogens with one attached hydrogen (secondary N) is 1. The van der Waals surface area contributed by atoms with Crippen LogP contribution in [0.15, 0.2) is 0 Å². The van der Waals surface area contributed by atoms with Gasteiger partial charge in [-0.2, -0.15) is 0 Å². The predicted octanol–water partition coefficient (Wildman–Crippen LogP) is 1.66. The Bertz CT molecular complexity index is 253. The van der Waals surface area contributed by atoms with Crippen LogP contribution in [0.4, 0.5) is 0 Å². The Morgan fingerprint density at radius 2 is 2.00 bits per heavy atom. The third kappa shape index (κ3) is 2.94. The molecule has 88 valence electrons. The molecule has 1 amide bonds. The minimum atomic E-state index is 0.0492. The molecule has 2 atom stereocenters. The summed E-state index contributed by atoms with van der Waals surface area (Å²) in [6.07, 6.45) is 1.48. The zero-order valence-corrected chi connectivity index (χ0v) is 10.6. The molecule has 0 aromatic heterocycles. The number of hydrogen-bond donors (Lipinski definition) is 2. The Morgan fingerprint density at radius 3 is 2.33 bits per heavy atom. The molecule has 0 spiro atoms. The average molecular weight is 212 g/mol. The molecule has 0 bridgehead atoms. The van der Waals surface area contributed by atoms with E-state index in [9.17, 15) is 4.79 Å². The van der Waals surface area contributed by atoms with E-state index in [1.807, 2.05) is 0 Å². The van der Waals surface area contributed by atoms with Crippen molar-refractivity contribution in [3.8, 4) is 0 Å². The van der Waals surface area contributed by atoms with Gasteiger partial charge < -0.3 is 11.1 Å². The van der Waals surface area contributed by atoms with Gasteiger partial charge in [-0.15, -0.1) is 0 Å². The number of hydrogen-bond acceptors (Lipinski definition) is 2. The molecule has 1 fully saturated rings. The number of carbonyl (C=O) groups is 1. The van der Waals surface area contributed by atoms with Crippen LogP contribution >= 0.6 is 0 Å². The Hall–Kier alpha value is -0.570. The second kappa shape index (κ2) is 3.78. The summed E-state index contributed by atoms with van der Waals surface area (Å²) in [6.45, 7) is 10.4. The fourth-order valence-corrected chi connectivity index (χ4v) is 1.93. The van der Waals surface area contributed by atoms with Gasteiger partial charge in [-0.3, -0.25) is 4.79 Å². The molecule has 3 nitrogen and oxygen atoms in total. The van der Waals surface area contributed by atoms with Gasteiger partial charge in [0.1, 0.15) is 0 Å². The maximum Gasteiger partial charge on any atom is 0.220 e. The van der Waals surface area contributed by atoms with Crippen LogP contribution < -0.4 is 11.1 Å². The Morgan fingerprint density at radius 1 is 1.47 bits per heavy atom. The normalized spacial score (nSPS) is 29.5. The molecular weight excluding hydrogens is 188 g/mol. The van der Waals surface area contributed by atoms with Gasteiger partial charge in [0, 0.05) is 23.9 Å². The van der Waals surface area contributed by atoms with Crippen molar-refractivity contribution in [1.82, 2.24) is 5.32 Å². The van der Waals surface area contributed by atoms with Gasteiger partial charge in [-0.1, -0.05) is 34.6 Å². The first-order chi connectivity index (χ1) is 6.63. The summed E-state index contributed by atoms with van der Waals surface area (Å²) in [6, 6.07) is 0.472. The van der Waals surface area contributed by atoms with E-state index in [2.05, 4.69) is 39.9 Å². The maximum absolute atomic E-state index is 11.7. The van der Waals surface area contributed by atoms with Crippen molar-refractivity contribution in [3.05, 3.63) is 0 Å². The van der Waals surface area contributed by atoms with Crippen molar-refractivity contribution in [2.75, 3.05) is 0 Å². The van der Waals surface area contributed by atoms with Gasteiger partial charge >= 0.3 is 0 Å². The molecule has 15 heavy (non-hydrogen) atoms. The highest BCUT2D eigenvalue weighted by atomic mass is 16.1. The lowest BCUT2D eigenvalue weighted by Crippen LogP contribution is -2.64. The predicted molar refractivity (Wildman–Crippen MR) is 62.4 cm³/mol. The summed E-state index contributed by atoms with van der Waals surface area (Å²) in [5.41, 5.74) is 6.00. The summed E-state index contributed by atoms with van der Waals surface area (Å²) in [5, 5.41) is 3.07. The van der Waals surface area contributed by atoms with Crippen LogP contribution in [0.1, 0.15) is 47.5 Å². The van der Waals surface area contributed by atoms with Gasteiger partial charge in [0.25, 0.3) is 0 Å². The van der Waals surface area contributed by atoms with E-state index < -0.39 is 0 Å². The quantitative estimate of drug-likeness (QED) is 0.731. The fourth-order valence-electron chi connectivity index (χ4n) is 1.93. The third-order valence-electron chi connectivity index (χ3n) is 3.37. The smallest absolute Gasteiger partial charge is 0.220 e. The van der Waals surface area contributed by atoms with Crippen LogP contribution in [0.3, 0.4) is 0 Å². The molecule has 1 aliphatic carbocycles. The number of carbonyl (C=O) groups excluding carboxylic acids is 1. The molecule has 3 N–H and O–H groups in total. The van der Waals surface area contributed by atoms with Crippen LogP contribution in [0, 0.1) is 10.8 Å². The van der Waals surface area contributed by atoms with Crippen LogP contribution in [0.2, 0.25) is 0 Å². The van der Waals surface area contributed by atoms with E-state index in [1.54, 1.807) is 0 Å². The van der Waals surface area contributed by atoms with Gasteiger partial charge in [-0.05, 0) is 11.8 Å². The van der Waals surface area contributed by atoms with Gasteiger partial charge in [0.2, 0.25) is 5.91 Å². The first-order valence-electron chi connectivity index (χ1n) is 5.68. The fraction of sp³-hybridized carbons (Fsp3) is 0.917. The SMILES string of the molecule is CC(C)(C)CC(=O)NC1CC(N)C1(C)C. The highest BCUT2D eigenvalue weighted by Crippen LogP contribution is 2.39. The zero-order chi connectivity index (χ0) is 11.9. The van der Waals surface area contributed by atoms with E-state index in [4.69, 9.17) is 5.73 Å². The summed E-state index contributed by atoms with van der Waals surface area (Å²) in [5.74, 6) is 0.146. The largest absolute Gasteiger partial charge is 0.353 e. The topological polar surface area (TPSA) is 55.1 Å². The molecule has 0 saturated heterocycles. The summed E-state index contributed by atoms with van der Waals surface area (Å²) in [7, 11) is 0. The molecule has 0 radical (unpaired) electrons. The van der Waals surface area contributed by atoms with Crippen LogP contribution in [0.5, 0.6) is 0 Å². The van der Waals surface area contributed by atoms with Crippen LogP contribution in [-0.4, -0.2) is 18.0 Å². The molecular formula is C12H24N2O. The van der Waals surface area contributed by atoms with Crippen molar-refractivity contribution < 1.29 is 4.79 Å². The van der Waals surface area contributed by atoms with E-state index in [-0.39, 0.29) is 28.8 Å². The highest BCUT2D eigenvalue weighted by molar-refractivity contribution is 5.77. The molecule has 0 aliphatic heterocycles. The molecule has 1 aliphatic rings. The second-order valence-corrected chi connectivity index (χ2v) is 6.52. The second-order valence-electron chi connectivity index (χ2n) is 6.52. The monoisotopic (exact) mass is 212 g/mol. The highest BCUT2D eigenvalue weighted by Gasteiger charge is 2.46. The number of amides is 1. The van der Waals surface area contributed by atoms with Crippen molar-refractivity contribution in [1.29, 1.82) is 0 Å². The molecule has 0 aromatic carbocycles. The van der Waals surface area contributed by atoms with E-state index in [0.29, 0.717) is 6.42 Å².